The zero-order chi connectivity index (χ0) is 12.3. The Morgan fingerprint density at radius 2 is 2.12 bits per heavy atom. The van der Waals surface area contributed by atoms with Gasteiger partial charge in [0.25, 0.3) is 0 Å². The third-order valence-corrected chi connectivity index (χ3v) is 4.23. The molecule has 2 rings (SSSR count). The third-order valence-electron chi connectivity index (χ3n) is 2.58. The number of benzene rings is 1. The summed E-state index contributed by atoms with van der Waals surface area (Å²) in [4.78, 5) is 1.33. The van der Waals surface area contributed by atoms with Gasteiger partial charge in [0.05, 0.1) is 0 Å². The van der Waals surface area contributed by atoms with Crippen molar-refractivity contribution < 1.29 is 0 Å². The SMILES string of the molecule is C[C@H](NCc1ccc(Cl)cc1Cl)c1cccs1. The molecule has 0 amide bonds. The highest BCUT2D eigenvalue weighted by atomic mass is 35.5. The average molecular weight is 286 g/mol. The zero-order valence-electron chi connectivity index (χ0n) is 9.41. The van der Waals surface area contributed by atoms with Crippen LogP contribution in [0.1, 0.15) is 23.4 Å². The summed E-state index contributed by atoms with van der Waals surface area (Å²) in [6, 6.07) is 10.1. The van der Waals surface area contributed by atoms with Gasteiger partial charge >= 0.3 is 0 Å². The standard InChI is InChI=1S/C13H13Cl2NS/c1-9(13-3-2-6-17-13)16-8-10-4-5-11(14)7-12(10)15/h2-7,9,16H,8H2,1H3/t9-/m0/s1. The summed E-state index contributed by atoms with van der Waals surface area (Å²) in [7, 11) is 0. The molecule has 17 heavy (non-hydrogen) atoms. The second-order valence-corrected chi connectivity index (χ2v) is 5.68. The van der Waals surface area contributed by atoms with Crippen molar-refractivity contribution in [3.63, 3.8) is 0 Å². The summed E-state index contributed by atoms with van der Waals surface area (Å²) < 4.78 is 0. The Morgan fingerprint density at radius 1 is 1.29 bits per heavy atom. The normalized spacial score (nSPS) is 12.6. The minimum atomic E-state index is 0.335. The van der Waals surface area contributed by atoms with E-state index in [4.69, 9.17) is 23.2 Å². The Balaban J connectivity index is 1.98. The van der Waals surface area contributed by atoms with E-state index in [1.807, 2.05) is 12.1 Å². The molecule has 0 aliphatic heterocycles. The van der Waals surface area contributed by atoms with Gasteiger partial charge in [-0.15, -0.1) is 11.3 Å². The Morgan fingerprint density at radius 3 is 2.76 bits per heavy atom. The lowest BCUT2D eigenvalue weighted by Crippen LogP contribution is -2.17. The molecular formula is C13H13Cl2NS. The highest BCUT2D eigenvalue weighted by Crippen LogP contribution is 2.23. The number of hydrogen-bond acceptors (Lipinski definition) is 2. The van der Waals surface area contributed by atoms with Crippen molar-refractivity contribution in [3.05, 3.63) is 56.2 Å². The van der Waals surface area contributed by atoms with Crippen molar-refractivity contribution in [2.24, 2.45) is 0 Å². The van der Waals surface area contributed by atoms with Gasteiger partial charge in [0.2, 0.25) is 0 Å². The van der Waals surface area contributed by atoms with E-state index in [1.54, 1.807) is 17.4 Å². The van der Waals surface area contributed by atoms with E-state index in [0.717, 1.165) is 12.1 Å². The number of nitrogens with one attached hydrogen (secondary N) is 1. The van der Waals surface area contributed by atoms with Crippen LogP contribution in [0.3, 0.4) is 0 Å². The fourth-order valence-electron chi connectivity index (χ4n) is 1.57. The molecule has 0 bridgehead atoms. The largest absolute Gasteiger partial charge is 0.305 e. The van der Waals surface area contributed by atoms with Crippen molar-refractivity contribution in [2.45, 2.75) is 19.5 Å². The van der Waals surface area contributed by atoms with Gasteiger partial charge in [0.15, 0.2) is 0 Å². The van der Waals surface area contributed by atoms with E-state index in [1.165, 1.54) is 4.88 Å². The summed E-state index contributed by atoms with van der Waals surface area (Å²) >= 11 is 13.7. The molecule has 0 aliphatic carbocycles. The van der Waals surface area contributed by atoms with Gasteiger partial charge in [-0.05, 0) is 36.1 Å². The fraction of sp³-hybridized carbons (Fsp3) is 0.231. The lowest BCUT2D eigenvalue weighted by molar-refractivity contribution is 0.583. The molecule has 1 heterocycles. The Labute approximate surface area is 115 Å². The first-order chi connectivity index (χ1) is 8.16. The molecule has 90 valence electrons. The maximum absolute atomic E-state index is 6.12. The second kappa shape index (κ2) is 5.87. The minimum Gasteiger partial charge on any atom is -0.305 e. The van der Waals surface area contributed by atoms with Gasteiger partial charge in [-0.2, -0.15) is 0 Å². The van der Waals surface area contributed by atoms with Crippen molar-refractivity contribution >= 4 is 34.5 Å². The number of hydrogen-bond donors (Lipinski definition) is 1. The minimum absolute atomic E-state index is 0.335. The molecule has 1 N–H and O–H groups in total. The summed E-state index contributed by atoms with van der Waals surface area (Å²) in [5.74, 6) is 0. The molecule has 0 spiro atoms. The lowest BCUT2D eigenvalue weighted by atomic mass is 10.2. The monoisotopic (exact) mass is 285 g/mol. The van der Waals surface area contributed by atoms with Gasteiger partial charge < -0.3 is 5.32 Å². The smallest absolute Gasteiger partial charge is 0.0465 e. The predicted molar refractivity (Wildman–Crippen MR) is 76.0 cm³/mol. The fourth-order valence-corrected chi connectivity index (χ4v) is 2.80. The number of halogens is 2. The Kier molecular flexibility index (Phi) is 4.46. The molecule has 0 fully saturated rings. The molecule has 1 aromatic carbocycles. The van der Waals surface area contributed by atoms with E-state index < -0.39 is 0 Å². The first-order valence-corrected chi connectivity index (χ1v) is 7.01. The van der Waals surface area contributed by atoms with E-state index in [2.05, 4.69) is 29.8 Å². The van der Waals surface area contributed by atoms with Gasteiger partial charge in [-0.1, -0.05) is 35.3 Å². The summed E-state index contributed by atoms with van der Waals surface area (Å²) in [5.41, 5.74) is 1.07. The molecule has 0 saturated heterocycles. The molecule has 4 heteroatoms. The van der Waals surface area contributed by atoms with Gasteiger partial charge in [0.1, 0.15) is 0 Å². The summed E-state index contributed by atoms with van der Waals surface area (Å²) in [6.07, 6.45) is 0. The molecular weight excluding hydrogens is 273 g/mol. The van der Waals surface area contributed by atoms with Crippen molar-refractivity contribution in [2.75, 3.05) is 0 Å². The second-order valence-electron chi connectivity index (χ2n) is 3.85. The van der Waals surface area contributed by atoms with Crippen LogP contribution in [0.15, 0.2) is 35.7 Å². The molecule has 1 nitrogen and oxygen atoms in total. The van der Waals surface area contributed by atoms with Crippen LogP contribution < -0.4 is 5.32 Å². The Hall–Kier alpha value is -0.540. The van der Waals surface area contributed by atoms with E-state index in [0.29, 0.717) is 16.1 Å². The molecule has 0 radical (unpaired) electrons. The number of thiophene rings is 1. The summed E-state index contributed by atoms with van der Waals surface area (Å²) in [6.45, 7) is 2.89. The van der Waals surface area contributed by atoms with Crippen LogP contribution in [-0.4, -0.2) is 0 Å². The van der Waals surface area contributed by atoms with Crippen molar-refractivity contribution in [3.8, 4) is 0 Å². The molecule has 0 saturated carbocycles. The van der Waals surface area contributed by atoms with Crippen LogP contribution in [0, 0.1) is 0 Å². The van der Waals surface area contributed by atoms with Crippen LogP contribution >= 0.6 is 34.5 Å². The van der Waals surface area contributed by atoms with E-state index in [9.17, 15) is 0 Å². The zero-order valence-corrected chi connectivity index (χ0v) is 11.7. The van der Waals surface area contributed by atoms with Crippen LogP contribution in [-0.2, 0) is 6.54 Å². The maximum atomic E-state index is 6.12. The van der Waals surface area contributed by atoms with Crippen LogP contribution in [0.25, 0.3) is 0 Å². The number of rotatable bonds is 4. The third kappa shape index (κ3) is 3.46. The average Bonchev–Trinajstić information content (AvgIpc) is 2.81. The molecule has 1 atom stereocenters. The van der Waals surface area contributed by atoms with Gasteiger partial charge in [-0.3, -0.25) is 0 Å². The quantitative estimate of drug-likeness (QED) is 0.842. The topological polar surface area (TPSA) is 12.0 Å². The van der Waals surface area contributed by atoms with E-state index in [-0.39, 0.29) is 0 Å². The van der Waals surface area contributed by atoms with Gasteiger partial charge in [0, 0.05) is 27.5 Å². The molecule has 0 unspecified atom stereocenters. The van der Waals surface area contributed by atoms with Crippen LogP contribution in [0.5, 0.6) is 0 Å². The van der Waals surface area contributed by atoms with Crippen molar-refractivity contribution in [1.82, 2.24) is 5.32 Å². The molecule has 1 aromatic heterocycles. The highest BCUT2D eigenvalue weighted by Gasteiger charge is 2.07. The van der Waals surface area contributed by atoms with Crippen molar-refractivity contribution in [1.29, 1.82) is 0 Å². The molecule has 0 aliphatic rings. The van der Waals surface area contributed by atoms with Gasteiger partial charge in [-0.25, -0.2) is 0 Å². The van der Waals surface area contributed by atoms with Crippen LogP contribution in [0.2, 0.25) is 10.0 Å². The molecule has 2 aromatic rings. The van der Waals surface area contributed by atoms with Crippen LogP contribution in [0.4, 0.5) is 0 Å². The lowest BCUT2D eigenvalue weighted by Gasteiger charge is -2.13. The predicted octanol–water partition coefficient (Wildman–Crippen LogP) is 4.91. The first kappa shape index (κ1) is 12.9. The Bertz CT molecular complexity index is 482. The summed E-state index contributed by atoms with van der Waals surface area (Å²) in [5, 5.41) is 6.91. The first-order valence-electron chi connectivity index (χ1n) is 5.37. The maximum Gasteiger partial charge on any atom is 0.0465 e. The van der Waals surface area contributed by atoms with E-state index >= 15 is 0 Å². The highest BCUT2D eigenvalue weighted by molar-refractivity contribution is 7.10.